The number of aromatic amines is 1. The van der Waals surface area contributed by atoms with Gasteiger partial charge in [0.2, 0.25) is 0 Å². The normalized spacial score (nSPS) is 11.6. The fourth-order valence-electron chi connectivity index (χ4n) is 2.38. The molecular weight excluding hydrogens is 320 g/mol. The summed E-state index contributed by atoms with van der Waals surface area (Å²) in [5.74, 6) is 0.156. The molecule has 3 rings (SSSR count). The van der Waals surface area contributed by atoms with Crippen LogP contribution in [0, 0.1) is 0 Å². The molecule has 0 bridgehead atoms. The van der Waals surface area contributed by atoms with E-state index in [2.05, 4.69) is 20.3 Å². The second-order valence-electron chi connectivity index (χ2n) is 6.82. The van der Waals surface area contributed by atoms with E-state index >= 15 is 0 Å². The number of carbonyl (C=O) groups is 1. The van der Waals surface area contributed by atoms with Gasteiger partial charge in [-0.3, -0.25) is 4.79 Å². The Morgan fingerprint density at radius 2 is 2.00 bits per heavy atom. The number of H-pyrrole nitrogens is 1. The average Bonchev–Trinajstić information content (AvgIpc) is 2.96. The first-order valence-electron chi connectivity index (χ1n) is 8.07. The van der Waals surface area contributed by atoms with Crippen molar-refractivity contribution in [3.8, 4) is 0 Å². The summed E-state index contributed by atoms with van der Waals surface area (Å²) in [5, 5.41) is 2.74. The van der Waals surface area contributed by atoms with Crippen molar-refractivity contribution in [2.75, 3.05) is 6.54 Å². The summed E-state index contributed by atoms with van der Waals surface area (Å²) < 4.78 is 5.61. The Bertz CT molecular complexity index is 933. The molecule has 0 atom stereocenters. The van der Waals surface area contributed by atoms with Crippen LogP contribution in [-0.4, -0.2) is 27.4 Å². The number of oxazole rings is 1. The topological polar surface area (TPSA) is 101 Å². The second-order valence-corrected chi connectivity index (χ2v) is 6.82. The molecule has 130 valence electrons. The molecular formula is C18H20N4O3. The fraction of sp³-hybridized carbons (Fsp3) is 0.333. The number of hydrogen-bond donors (Lipinski definition) is 2. The molecule has 0 aliphatic carbocycles. The summed E-state index contributed by atoms with van der Waals surface area (Å²) >= 11 is 0. The van der Waals surface area contributed by atoms with E-state index in [1.807, 2.05) is 45.0 Å². The molecule has 2 aromatic heterocycles. The molecule has 0 aliphatic rings. The van der Waals surface area contributed by atoms with Gasteiger partial charge < -0.3 is 14.7 Å². The zero-order valence-electron chi connectivity index (χ0n) is 14.4. The highest BCUT2D eigenvalue weighted by Crippen LogP contribution is 2.19. The lowest BCUT2D eigenvalue weighted by atomic mass is 9.91. The number of nitrogens with zero attached hydrogens (tertiary/aromatic N) is 2. The Morgan fingerprint density at radius 3 is 2.72 bits per heavy atom. The van der Waals surface area contributed by atoms with Crippen LogP contribution in [0.1, 0.15) is 42.8 Å². The highest BCUT2D eigenvalue weighted by molar-refractivity contribution is 5.92. The van der Waals surface area contributed by atoms with Crippen molar-refractivity contribution >= 4 is 17.0 Å². The first-order chi connectivity index (χ1) is 11.8. The number of nitrogens with one attached hydrogen (secondary N) is 2. The van der Waals surface area contributed by atoms with Gasteiger partial charge in [0, 0.05) is 24.1 Å². The van der Waals surface area contributed by atoms with Crippen LogP contribution in [0.3, 0.4) is 0 Å². The summed E-state index contributed by atoms with van der Waals surface area (Å²) in [7, 11) is 0. The minimum absolute atomic E-state index is 0.103. The summed E-state index contributed by atoms with van der Waals surface area (Å²) in [6.07, 6.45) is 0.454. The Hall–Kier alpha value is -2.96. The molecule has 0 aliphatic heterocycles. The third-order valence-corrected chi connectivity index (χ3v) is 3.75. The first-order valence-corrected chi connectivity index (χ1v) is 8.07. The molecule has 0 saturated carbocycles. The van der Waals surface area contributed by atoms with E-state index in [9.17, 15) is 9.59 Å². The molecule has 0 spiro atoms. The molecule has 1 aromatic carbocycles. The predicted octanol–water partition coefficient (Wildman–Crippen LogP) is 2.18. The van der Waals surface area contributed by atoms with E-state index in [4.69, 9.17) is 4.42 Å². The van der Waals surface area contributed by atoms with E-state index in [-0.39, 0.29) is 11.1 Å². The van der Waals surface area contributed by atoms with E-state index < -0.39 is 11.6 Å². The third-order valence-electron chi connectivity index (χ3n) is 3.75. The molecule has 0 radical (unpaired) electrons. The van der Waals surface area contributed by atoms with Crippen molar-refractivity contribution in [3.63, 3.8) is 0 Å². The minimum Gasteiger partial charge on any atom is -0.441 e. The number of rotatable bonds is 4. The van der Waals surface area contributed by atoms with Crippen LogP contribution in [0.15, 0.2) is 39.5 Å². The van der Waals surface area contributed by atoms with Crippen molar-refractivity contribution in [1.82, 2.24) is 20.3 Å². The van der Waals surface area contributed by atoms with Gasteiger partial charge in [0.15, 0.2) is 11.5 Å². The van der Waals surface area contributed by atoms with Crippen LogP contribution in [0.5, 0.6) is 0 Å². The van der Waals surface area contributed by atoms with Gasteiger partial charge in [-0.1, -0.05) is 32.9 Å². The number of aromatic nitrogens is 3. The van der Waals surface area contributed by atoms with E-state index in [0.29, 0.717) is 24.6 Å². The molecule has 2 heterocycles. The smallest absolute Gasteiger partial charge is 0.345 e. The third kappa shape index (κ3) is 3.93. The Kier molecular flexibility index (Phi) is 4.39. The van der Waals surface area contributed by atoms with Crippen LogP contribution in [0.25, 0.3) is 11.1 Å². The van der Waals surface area contributed by atoms with Crippen molar-refractivity contribution in [2.24, 2.45) is 0 Å². The van der Waals surface area contributed by atoms with E-state index in [0.717, 1.165) is 11.1 Å². The number of hydrogen-bond acceptors (Lipinski definition) is 5. The molecule has 3 aromatic rings. The van der Waals surface area contributed by atoms with Crippen LogP contribution in [0.2, 0.25) is 0 Å². The summed E-state index contributed by atoms with van der Waals surface area (Å²) in [4.78, 5) is 34.7. The molecule has 0 fully saturated rings. The zero-order valence-corrected chi connectivity index (χ0v) is 14.4. The van der Waals surface area contributed by atoms with Crippen LogP contribution >= 0.6 is 0 Å². The van der Waals surface area contributed by atoms with Crippen molar-refractivity contribution in [3.05, 3.63) is 58.1 Å². The monoisotopic (exact) mass is 340 g/mol. The summed E-state index contributed by atoms with van der Waals surface area (Å²) in [6, 6.07) is 9.09. The predicted molar refractivity (Wildman–Crippen MR) is 93.6 cm³/mol. The number of para-hydroxylation sites is 2. The maximum Gasteiger partial charge on any atom is 0.345 e. The lowest BCUT2D eigenvalue weighted by Gasteiger charge is -2.18. The second kappa shape index (κ2) is 6.51. The van der Waals surface area contributed by atoms with Gasteiger partial charge in [-0.15, -0.1) is 0 Å². The quantitative estimate of drug-likeness (QED) is 0.758. The maximum absolute atomic E-state index is 12.3. The lowest BCUT2D eigenvalue weighted by molar-refractivity contribution is 0.0948. The Labute approximate surface area is 144 Å². The van der Waals surface area contributed by atoms with Crippen LogP contribution < -0.4 is 11.0 Å². The van der Waals surface area contributed by atoms with E-state index in [1.54, 1.807) is 6.07 Å². The molecule has 1 amide bonds. The highest BCUT2D eigenvalue weighted by atomic mass is 16.3. The molecule has 2 N–H and O–H groups in total. The molecule has 7 heteroatoms. The lowest BCUT2D eigenvalue weighted by Crippen LogP contribution is -2.31. The molecule has 25 heavy (non-hydrogen) atoms. The average molecular weight is 340 g/mol. The summed E-state index contributed by atoms with van der Waals surface area (Å²) in [5.41, 5.74) is 1.46. The van der Waals surface area contributed by atoms with Gasteiger partial charge in [-0.2, -0.15) is 4.98 Å². The Morgan fingerprint density at radius 1 is 1.24 bits per heavy atom. The van der Waals surface area contributed by atoms with E-state index in [1.165, 1.54) is 0 Å². The number of carbonyl (C=O) groups excluding carboxylic acids is 1. The zero-order chi connectivity index (χ0) is 18.0. The number of fused-ring (bicyclic) bond motifs is 1. The molecule has 0 saturated heterocycles. The van der Waals surface area contributed by atoms with Gasteiger partial charge in [0.05, 0.1) is 0 Å². The standard InChI is InChI=1S/C18H20N4O3/c1-18(2,3)14-10-12(21-17(24)22-14)16(23)19-9-8-15-20-11-6-4-5-7-13(11)25-15/h4-7,10H,8-9H2,1-3H3,(H,19,23)(H,21,22,24). The number of benzene rings is 1. The fourth-order valence-corrected chi connectivity index (χ4v) is 2.38. The van der Waals surface area contributed by atoms with Crippen molar-refractivity contribution in [2.45, 2.75) is 32.6 Å². The van der Waals surface area contributed by atoms with Gasteiger partial charge in [-0.25, -0.2) is 9.78 Å². The largest absolute Gasteiger partial charge is 0.441 e. The van der Waals surface area contributed by atoms with Gasteiger partial charge in [-0.05, 0) is 18.2 Å². The molecule has 7 nitrogen and oxygen atoms in total. The SMILES string of the molecule is CC(C)(C)c1cc(C(=O)NCCc2nc3ccccc3o2)nc(=O)[nH]1. The van der Waals surface area contributed by atoms with Crippen LogP contribution in [-0.2, 0) is 11.8 Å². The van der Waals surface area contributed by atoms with Crippen LogP contribution in [0.4, 0.5) is 0 Å². The minimum atomic E-state index is -0.531. The molecule has 0 unspecified atom stereocenters. The van der Waals surface area contributed by atoms with Gasteiger partial charge in [0.25, 0.3) is 5.91 Å². The van der Waals surface area contributed by atoms with Crippen molar-refractivity contribution < 1.29 is 9.21 Å². The summed E-state index contributed by atoms with van der Waals surface area (Å²) in [6.45, 7) is 6.19. The first kappa shape index (κ1) is 16.9. The van der Waals surface area contributed by atoms with Gasteiger partial charge in [0.1, 0.15) is 11.2 Å². The number of amides is 1. The highest BCUT2D eigenvalue weighted by Gasteiger charge is 2.18. The Balaban J connectivity index is 1.66. The van der Waals surface area contributed by atoms with Gasteiger partial charge >= 0.3 is 5.69 Å². The maximum atomic E-state index is 12.3. The van der Waals surface area contributed by atoms with Crippen molar-refractivity contribution in [1.29, 1.82) is 0 Å².